The summed E-state index contributed by atoms with van der Waals surface area (Å²) in [6.07, 6.45) is 2.56. The summed E-state index contributed by atoms with van der Waals surface area (Å²) in [6, 6.07) is 8.24. The maximum absolute atomic E-state index is 11.6. The van der Waals surface area contributed by atoms with Gasteiger partial charge in [0.25, 0.3) is 0 Å². The van der Waals surface area contributed by atoms with Gasteiger partial charge in [0.2, 0.25) is 5.91 Å². The summed E-state index contributed by atoms with van der Waals surface area (Å²) < 4.78 is 1.08. The van der Waals surface area contributed by atoms with E-state index < -0.39 is 0 Å². The van der Waals surface area contributed by atoms with E-state index in [9.17, 15) is 4.79 Å². The fraction of sp³-hybridized carbons (Fsp3) is 0.375. The summed E-state index contributed by atoms with van der Waals surface area (Å²) in [4.78, 5) is 19.6. The molecule has 21 heavy (non-hydrogen) atoms. The van der Waals surface area contributed by atoms with E-state index in [0.29, 0.717) is 6.42 Å². The molecule has 0 atom stereocenters. The number of hydrogen-bond acceptors (Lipinski definition) is 3. The van der Waals surface area contributed by atoms with Crippen molar-refractivity contribution in [3.8, 4) is 11.3 Å². The number of likely N-dealkylation sites (tertiary alicyclic amines) is 1. The molecule has 110 valence electrons. The van der Waals surface area contributed by atoms with Crippen LogP contribution in [-0.4, -0.2) is 28.9 Å². The number of carbonyl (C=O) groups excluding carboxylic acids is 1. The molecule has 2 heterocycles. The third-order valence-electron chi connectivity index (χ3n) is 3.73. The van der Waals surface area contributed by atoms with Crippen LogP contribution in [0, 0.1) is 6.92 Å². The lowest BCUT2D eigenvalue weighted by Crippen LogP contribution is -2.26. The van der Waals surface area contributed by atoms with Crippen molar-refractivity contribution in [2.24, 2.45) is 0 Å². The van der Waals surface area contributed by atoms with Gasteiger partial charge in [-0.1, -0.05) is 28.1 Å². The lowest BCUT2D eigenvalue weighted by atomic mass is 10.1. The van der Waals surface area contributed by atoms with Crippen LogP contribution in [0.15, 0.2) is 28.7 Å². The molecule has 1 aliphatic rings. The van der Waals surface area contributed by atoms with Gasteiger partial charge in [0.15, 0.2) is 0 Å². The van der Waals surface area contributed by atoms with Crippen molar-refractivity contribution in [2.75, 3.05) is 13.1 Å². The van der Waals surface area contributed by atoms with Crippen LogP contribution >= 0.6 is 27.3 Å². The Morgan fingerprint density at radius 1 is 1.33 bits per heavy atom. The summed E-state index contributed by atoms with van der Waals surface area (Å²) >= 11 is 5.19. The van der Waals surface area contributed by atoms with E-state index in [-0.39, 0.29) is 5.91 Å². The molecule has 1 aromatic carbocycles. The molecule has 0 N–H and O–H groups in total. The van der Waals surface area contributed by atoms with Gasteiger partial charge in [0.05, 0.1) is 10.7 Å². The molecular formula is C16H17BrN2OS. The van der Waals surface area contributed by atoms with E-state index in [1.54, 1.807) is 11.3 Å². The van der Waals surface area contributed by atoms with Crippen LogP contribution in [0.3, 0.4) is 0 Å². The normalized spacial score (nSPS) is 15.0. The van der Waals surface area contributed by atoms with Crippen LogP contribution < -0.4 is 0 Å². The van der Waals surface area contributed by atoms with Crippen LogP contribution in [0.5, 0.6) is 0 Å². The van der Waals surface area contributed by atoms with Crippen molar-refractivity contribution in [1.29, 1.82) is 0 Å². The number of halogens is 1. The second kappa shape index (κ2) is 6.28. The second-order valence-corrected chi connectivity index (χ2v) is 7.46. The number of aromatic nitrogens is 1. The maximum atomic E-state index is 11.6. The van der Waals surface area contributed by atoms with Crippen LogP contribution in [0.25, 0.3) is 11.3 Å². The van der Waals surface area contributed by atoms with Gasteiger partial charge in [0, 0.05) is 40.8 Å². The van der Waals surface area contributed by atoms with Crippen molar-refractivity contribution in [3.05, 3.63) is 38.6 Å². The van der Waals surface area contributed by atoms with E-state index in [1.165, 1.54) is 4.88 Å². The highest BCUT2D eigenvalue weighted by molar-refractivity contribution is 9.10. The Bertz CT molecular complexity index is 651. The Labute approximate surface area is 137 Å². The zero-order valence-electron chi connectivity index (χ0n) is 11.9. The first kappa shape index (κ1) is 14.7. The first-order valence-electron chi connectivity index (χ1n) is 7.13. The molecule has 1 aliphatic heterocycles. The summed E-state index contributed by atoms with van der Waals surface area (Å²) in [5, 5.41) is 1.12. The van der Waals surface area contributed by atoms with Crippen LogP contribution in [0.4, 0.5) is 0 Å². The molecule has 1 amide bonds. The van der Waals surface area contributed by atoms with Crippen LogP contribution in [0.2, 0.25) is 0 Å². The summed E-state index contributed by atoms with van der Waals surface area (Å²) in [5.74, 6) is 0.288. The Kier molecular flexibility index (Phi) is 4.40. The van der Waals surface area contributed by atoms with Gasteiger partial charge in [-0.25, -0.2) is 4.98 Å². The largest absolute Gasteiger partial charge is 0.342 e. The molecule has 3 nitrogen and oxygen atoms in total. The monoisotopic (exact) mass is 364 g/mol. The smallest absolute Gasteiger partial charge is 0.222 e. The highest BCUT2D eigenvalue weighted by Crippen LogP contribution is 2.29. The summed E-state index contributed by atoms with van der Waals surface area (Å²) in [5.41, 5.74) is 2.21. The first-order valence-corrected chi connectivity index (χ1v) is 8.74. The predicted octanol–water partition coefficient (Wildman–Crippen LogP) is 4.05. The molecule has 2 aromatic rings. The van der Waals surface area contributed by atoms with Crippen LogP contribution in [0.1, 0.15) is 22.7 Å². The standard InChI is InChI=1S/C16H17BrN2OS/c1-11-16(12-4-6-13(17)7-5-12)18-14(21-11)8-10-19-9-2-3-15(19)20/h4-7H,2-3,8-10H2,1H3. The molecule has 0 bridgehead atoms. The maximum Gasteiger partial charge on any atom is 0.222 e. The van der Waals surface area contributed by atoms with Gasteiger partial charge < -0.3 is 4.90 Å². The lowest BCUT2D eigenvalue weighted by molar-refractivity contribution is -0.127. The third kappa shape index (κ3) is 3.35. The minimum atomic E-state index is 0.288. The molecule has 0 unspecified atom stereocenters. The van der Waals surface area contributed by atoms with Crippen molar-refractivity contribution in [3.63, 3.8) is 0 Å². The minimum absolute atomic E-state index is 0.288. The molecule has 0 aliphatic carbocycles. The van der Waals surface area contributed by atoms with Gasteiger partial charge in [-0.3, -0.25) is 4.79 Å². The van der Waals surface area contributed by atoms with Crippen molar-refractivity contribution < 1.29 is 4.79 Å². The molecule has 0 spiro atoms. The Hall–Kier alpha value is -1.20. The van der Waals surface area contributed by atoms with Gasteiger partial charge in [-0.05, 0) is 25.5 Å². The minimum Gasteiger partial charge on any atom is -0.342 e. The highest BCUT2D eigenvalue weighted by Gasteiger charge is 2.20. The van der Waals surface area contributed by atoms with Crippen molar-refractivity contribution in [2.45, 2.75) is 26.2 Å². The molecule has 3 rings (SSSR count). The highest BCUT2D eigenvalue weighted by atomic mass is 79.9. The summed E-state index contributed by atoms with van der Waals surface area (Å²) in [7, 11) is 0. The predicted molar refractivity (Wildman–Crippen MR) is 89.5 cm³/mol. The lowest BCUT2D eigenvalue weighted by Gasteiger charge is -2.13. The Morgan fingerprint density at radius 3 is 2.76 bits per heavy atom. The number of hydrogen-bond donors (Lipinski definition) is 0. The number of rotatable bonds is 4. The zero-order chi connectivity index (χ0) is 14.8. The summed E-state index contributed by atoms with van der Waals surface area (Å²) in [6.45, 7) is 3.81. The topological polar surface area (TPSA) is 33.2 Å². The number of nitrogens with zero attached hydrogens (tertiary/aromatic N) is 2. The Balaban J connectivity index is 1.72. The number of thiazole rings is 1. The van der Waals surface area contributed by atoms with Gasteiger partial charge in [0.1, 0.15) is 0 Å². The molecule has 1 fully saturated rings. The SMILES string of the molecule is Cc1sc(CCN2CCCC2=O)nc1-c1ccc(Br)cc1. The average molecular weight is 365 g/mol. The van der Waals surface area contributed by atoms with E-state index >= 15 is 0 Å². The zero-order valence-corrected chi connectivity index (χ0v) is 14.3. The van der Waals surface area contributed by atoms with E-state index in [0.717, 1.165) is 46.7 Å². The quantitative estimate of drug-likeness (QED) is 0.819. The van der Waals surface area contributed by atoms with Crippen molar-refractivity contribution in [1.82, 2.24) is 9.88 Å². The van der Waals surface area contributed by atoms with E-state index in [4.69, 9.17) is 4.98 Å². The molecule has 0 saturated carbocycles. The molecular weight excluding hydrogens is 348 g/mol. The third-order valence-corrected chi connectivity index (χ3v) is 5.28. The fourth-order valence-electron chi connectivity index (χ4n) is 2.60. The number of carbonyl (C=O) groups is 1. The fourth-order valence-corrected chi connectivity index (χ4v) is 3.81. The first-order chi connectivity index (χ1) is 10.1. The van der Waals surface area contributed by atoms with Gasteiger partial charge >= 0.3 is 0 Å². The average Bonchev–Trinajstić information content (AvgIpc) is 3.04. The van der Waals surface area contributed by atoms with Gasteiger partial charge in [-0.2, -0.15) is 0 Å². The number of benzene rings is 1. The molecule has 1 aromatic heterocycles. The Morgan fingerprint density at radius 2 is 2.10 bits per heavy atom. The van der Waals surface area contributed by atoms with Crippen LogP contribution in [-0.2, 0) is 11.2 Å². The second-order valence-electron chi connectivity index (χ2n) is 5.25. The number of amides is 1. The van der Waals surface area contributed by atoms with Gasteiger partial charge in [-0.15, -0.1) is 11.3 Å². The van der Waals surface area contributed by atoms with E-state index in [1.807, 2.05) is 17.0 Å². The molecule has 5 heteroatoms. The number of aryl methyl sites for hydroxylation is 1. The molecule has 1 saturated heterocycles. The van der Waals surface area contributed by atoms with E-state index in [2.05, 4.69) is 35.0 Å². The molecule has 0 radical (unpaired) electrons. The van der Waals surface area contributed by atoms with Crippen molar-refractivity contribution >= 4 is 33.2 Å².